The average Bonchev–Trinajstić information content (AvgIpc) is 3.72. The van der Waals surface area contributed by atoms with Crippen molar-refractivity contribution in [1.29, 1.82) is 5.26 Å². The van der Waals surface area contributed by atoms with E-state index in [0.29, 0.717) is 34.3 Å². The van der Waals surface area contributed by atoms with Gasteiger partial charge in [-0.15, -0.1) is 0 Å². The Kier molecular flexibility index (Phi) is 6.51. The van der Waals surface area contributed by atoms with Gasteiger partial charge in [0.2, 0.25) is 0 Å². The van der Waals surface area contributed by atoms with E-state index in [9.17, 15) is 23.2 Å². The first-order chi connectivity index (χ1) is 18.2. The van der Waals surface area contributed by atoms with E-state index in [1.54, 1.807) is 42.3 Å². The molecule has 1 N–H and O–H groups in total. The summed E-state index contributed by atoms with van der Waals surface area (Å²) >= 11 is 0. The largest absolute Gasteiger partial charge is 0.490 e. The monoisotopic (exact) mass is 524 g/mol. The van der Waals surface area contributed by atoms with Gasteiger partial charge in [0.25, 0.3) is 0 Å². The first kappa shape index (κ1) is 25.6. The second-order valence-electron chi connectivity index (χ2n) is 9.16. The van der Waals surface area contributed by atoms with Crippen molar-refractivity contribution in [1.82, 2.24) is 9.55 Å². The van der Waals surface area contributed by atoms with Gasteiger partial charge in [0.1, 0.15) is 29.7 Å². The van der Waals surface area contributed by atoms with Crippen LogP contribution in [0.15, 0.2) is 35.1 Å². The molecule has 2 aromatic carbocycles. The molecule has 0 unspecified atom stereocenters. The Morgan fingerprint density at radius 1 is 1.26 bits per heavy atom. The number of alkyl halides is 3. The predicted octanol–water partition coefficient (Wildman–Crippen LogP) is 3.54. The third kappa shape index (κ3) is 4.44. The number of aryl methyl sites for hydroxylation is 1. The van der Waals surface area contributed by atoms with Gasteiger partial charge in [0.15, 0.2) is 0 Å². The minimum Gasteiger partial charge on any atom is -0.490 e. The van der Waals surface area contributed by atoms with Crippen molar-refractivity contribution < 1.29 is 27.8 Å². The summed E-state index contributed by atoms with van der Waals surface area (Å²) in [6.07, 6.45) is -4.43. The summed E-state index contributed by atoms with van der Waals surface area (Å²) in [5.74, 6) is 5.69. The van der Waals surface area contributed by atoms with Gasteiger partial charge in [0.05, 0.1) is 30.9 Å². The lowest BCUT2D eigenvalue weighted by Crippen LogP contribution is -2.28. The third-order valence-corrected chi connectivity index (χ3v) is 6.79. The van der Waals surface area contributed by atoms with Crippen LogP contribution in [-0.2, 0) is 18.4 Å². The number of fused-ring (bicyclic) bond motifs is 2. The number of benzene rings is 2. The first-order valence-corrected chi connectivity index (χ1v) is 11.9. The molecule has 38 heavy (non-hydrogen) atoms. The Morgan fingerprint density at radius 3 is 2.74 bits per heavy atom. The highest BCUT2D eigenvalue weighted by Crippen LogP contribution is 2.57. The van der Waals surface area contributed by atoms with Crippen molar-refractivity contribution in [2.24, 2.45) is 12.5 Å². The van der Waals surface area contributed by atoms with Crippen LogP contribution in [-0.4, -0.2) is 47.2 Å². The van der Waals surface area contributed by atoms with Crippen molar-refractivity contribution >= 4 is 22.4 Å². The number of rotatable bonds is 4. The summed E-state index contributed by atoms with van der Waals surface area (Å²) in [5.41, 5.74) is -0.254. The van der Waals surface area contributed by atoms with E-state index in [0.717, 1.165) is 0 Å². The highest BCUT2D eigenvalue weighted by molar-refractivity contribution is 5.94. The molecule has 0 bridgehead atoms. The molecule has 0 spiro atoms. The lowest BCUT2D eigenvalue weighted by Gasteiger charge is -2.25. The second-order valence-corrected chi connectivity index (χ2v) is 9.16. The van der Waals surface area contributed by atoms with Crippen LogP contribution in [0, 0.1) is 28.6 Å². The maximum atomic E-state index is 13.4. The normalized spacial score (nSPS) is 16.2. The van der Waals surface area contributed by atoms with Gasteiger partial charge in [-0.25, -0.2) is 4.79 Å². The minimum absolute atomic E-state index is 0.0183. The number of aromatic nitrogens is 2. The lowest BCUT2D eigenvalue weighted by molar-refractivity contribution is -0.168. The fourth-order valence-corrected chi connectivity index (χ4v) is 4.48. The van der Waals surface area contributed by atoms with E-state index < -0.39 is 17.3 Å². The van der Waals surface area contributed by atoms with Gasteiger partial charge >= 0.3 is 11.9 Å². The van der Waals surface area contributed by atoms with Gasteiger partial charge in [-0.3, -0.25) is 4.57 Å². The lowest BCUT2D eigenvalue weighted by atomic mass is 10.0. The fraction of sp³-hybridized carbons (Fsp3) is 0.370. The minimum atomic E-state index is -4.39. The molecule has 0 radical (unpaired) electrons. The topological polar surface area (TPSA) is 101 Å². The summed E-state index contributed by atoms with van der Waals surface area (Å²) < 4.78 is 52.9. The molecule has 1 aromatic heterocycles. The molecule has 1 saturated carbocycles. The SMILES string of the molecule is Cn1c(=O)nc(N2CCOCc3c(C#CC4(C(F)(F)F)CC4)cccc32)c2cc(C#N)c(OCCO)cc21. The Hall–Kier alpha value is -4.06. The zero-order valence-electron chi connectivity index (χ0n) is 20.4. The second kappa shape index (κ2) is 9.67. The molecule has 1 aliphatic carbocycles. The highest BCUT2D eigenvalue weighted by Gasteiger charge is 2.62. The molecule has 2 aliphatic rings. The Balaban J connectivity index is 1.67. The molecule has 0 atom stereocenters. The number of hydrogen-bond donors (Lipinski definition) is 1. The summed E-state index contributed by atoms with van der Waals surface area (Å²) in [6.45, 7) is 0.415. The average molecular weight is 524 g/mol. The van der Waals surface area contributed by atoms with E-state index in [2.05, 4.69) is 22.9 Å². The Bertz CT molecular complexity index is 1580. The van der Waals surface area contributed by atoms with Crippen molar-refractivity contribution in [3.8, 4) is 23.7 Å². The van der Waals surface area contributed by atoms with Crippen molar-refractivity contribution in [3.05, 3.63) is 57.5 Å². The van der Waals surface area contributed by atoms with Crippen LogP contribution < -0.4 is 15.3 Å². The number of nitrogens with zero attached hydrogens (tertiary/aromatic N) is 4. The van der Waals surface area contributed by atoms with Crippen LogP contribution in [0.1, 0.15) is 29.5 Å². The van der Waals surface area contributed by atoms with E-state index in [1.807, 2.05) is 0 Å². The predicted molar refractivity (Wildman–Crippen MR) is 132 cm³/mol. The molecule has 0 amide bonds. The van der Waals surface area contributed by atoms with E-state index in [4.69, 9.17) is 14.6 Å². The molecule has 3 aromatic rings. The van der Waals surface area contributed by atoms with Crippen molar-refractivity contribution in [3.63, 3.8) is 0 Å². The molecule has 5 rings (SSSR count). The smallest absolute Gasteiger partial charge is 0.405 e. The zero-order valence-corrected chi connectivity index (χ0v) is 20.4. The van der Waals surface area contributed by atoms with E-state index in [-0.39, 0.29) is 56.4 Å². The van der Waals surface area contributed by atoms with Crippen LogP contribution in [0.3, 0.4) is 0 Å². The maximum Gasteiger partial charge on any atom is 0.405 e. The van der Waals surface area contributed by atoms with Gasteiger partial charge in [-0.1, -0.05) is 17.9 Å². The molecular formula is C27H23F3N4O4. The van der Waals surface area contributed by atoms with E-state index >= 15 is 0 Å². The standard InChI is InChI=1S/C27H23F3N4O4/c1-33-22-14-23(38-12-10-35)18(15-31)13-19(22)24(32-25(33)36)34-9-11-37-16-20-17(3-2-4-21(20)34)5-6-26(7-8-26)27(28,29)30/h2-4,13-14,35H,7-12,16H2,1H3. The van der Waals surface area contributed by atoms with Gasteiger partial charge in [-0.2, -0.15) is 23.4 Å². The van der Waals surface area contributed by atoms with Gasteiger partial charge in [0, 0.05) is 41.9 Å². The third-order valence-electron chi connectivity index (χ3n) is 6.79. The summed E-state index contributed by atoms with van der Waals surface area (Å²) in [7, 11) is 1.55. The first-order valence-electron chi connectivity index (χ1n) is 11.9. The molecule has 1 fully saturated rings. The zero-order chi connectivity index (χ0) is 27.1. The number of hydrogen-bond acceptors (Lipinski definition) is 7. The number of aliphatic hydroxyl groups is 1. The quantitative estimate of drug-likeness (QED) is 0.521. The highest BCUT2D eigenvalue weighted by atomic mass is 19.4. The van der Waals surface area contributed by atoms with Crippen molar-refractivity contribution in [2.45, 2.75) is 25.6 Å². The molecule has 196 valence electrons. The molecule has 2 heterocycles. The molecular weight excluding hydrogens is 501 g/mol. The Labute approximate surface area is 215 Å². The summed E-state index contributed by atoms with van der Waals surface area (Å²) in [6, 6.07) is 10.3. The van der Waals surface area contributed by atoms with Crippen LogP contribution in [0.4, 0.5) is 24.7 Å². The summed E-state index contributed by atoms with van der Waals surface area (Å²) in [5, 5.41) is 19.3. The number of aliphatic hydroxyl groups excluding tert-OH is 1. The molecule has 1 aliphatic heterocycles. The van der Waals surface area contributed by atoms with Crippen LogP contribution in [0.25, 0.3) is 10.9 Å². The summed E-state index contributed by atoms with van der Waals surface area (Å²) in [4.78, 5) is 18.9. The Morgan fingerprint density at radius 2 is 2.05 bits per heavy atom. The maximum absolute atomic E-state index is 13.4. The molecule has 0 saturated heterocycles. The number of ether oxygens (including phenoxy) is 2. The van der Waals surface area contributed by atoms with E-state index in [1.165, 1.54) is 4.57 Å². The van der Waals surface area contributed by atoms with Crippen LogP contribution >= 0.6 is 0 Å². The van der Waals surface area contributed by atoms with Crippen LogP contribution in [0.2, 0.25) is 0 Å². The fourth-order valence-electron chi connectivity index (χ4n) is 4.48. The molecule has 8 nitrogen and oxygen atoms in total. The van der Waals surface area contributed by atoms with Gasteiger partial charge < -0.3 is 19.5 Å². The van der Waals surface area contributed by atoms with Crippen LogP contribution in [0.5, 0.6) is 5.75 Å². The number of anilines is 2. The number of nitriles is 1. The number of halogens is 3. The molecule has 11 heteroatoms. The van der Waals surface area contributed by atoms with Gasteiger partial charge in [-0.05, 0) is 31.0 Å². The van der Waals surface area contributed by atoms with Crippen molar-refractivity contribution in [2.75, 3.05) is 31.3 Å².